The summed E-state index contributed by atoms with van der Waals surface area (Å²) in [5.41, 5.74) is 5.12. The number of nitrogens with zero attached hydrogens (tertiary/aromatic N) is 2. The van der Waals surface area contributed by atoms with Gasteiger partial charge in [-0.25, -0.2) is 4.68 Å². The number of hydrogen-bond donors (Lipinski definition) is 2. The second-order valence-electron chi connectivity index (χ2n) is 8.45. The van der Waals surface area contributed by atoms with Crippen LogP contribution < -0.4 is 10.6 Å². The molecule has 1 aliphatic carbocycles. The smallest absolute Gasteiger partial charge is 0.253 e. The third-order valence-electron chi connectivity index (χ3n) is 6.18. The third-order valence-corrected chi connectivity index (χ3v) is 6.18. The van der Waals surface area contributed by atoms with Crippen LogP contribution in [0.15, 0.2) is 54.6 Å². The molecule has 2 N–H and O–H groups in total. The Kier molecular flexibility index (Phi) is 6.69. The second kappa shape index (κ2) is 9.81. The van der Waals surface area contributed by atoms with Crippen molar-refractivity contribution in [1.29, 1.82) is 0 Å². The second-order valence-corrected chi connectivity index (χ2v) is 8.45. The number of carbonyl (C=O) groups is 2. The Morgan fingerprint density at radius 3 is 2.44 bits per heavy atom. The minimum absolute atomic E-state index is 0.114. The molecule has 2 aromatic carbocycles. The summed E-state index contributed by atoms with van der Waals surface area (Å²) >= 11 is 0. The Bertz CT molecular complexity index is 1100. The lowest BCUT2D eigenvalue weighted by atomic mass is 10.1. The first-order valence-corrected chi connectivity index (χ1v) is 11.3. The van der Waals surface area contributed by atoms with Crippen molar-refractivity contribution < 1.29 is 9.59 Å². The monoisotopic (exact) mass is 430 g/mol. The van der Waals surface area contributed by atoms with Crippen LogP contribution in [0.3, 0.4) is 0 Å². The lowest BCUT2D eigenvalue weighted by Gasteiger charge is -2.15. The fraction of sp³-hybridized carbons (Fsp3) is 0.346. The molecule has 1 fully saturated rings. The van der Waals surface area contributed by atoms with E-state index in [0.29, 0.717) is 24.1 Å². The number of carbonyl (C=O) groups excluding carboxylic acids is 2. The highest BCUT2D eigenvalue weighted by atomic mass is 16.2. The fourth-order valence-electron chi connectivity index (χ4n) is 4.43. The minimum Gasteiger partial charge on any atom is -0.349 e. The van der Waals surface area contributed by atoms with Crippen molar-refractivity contribution in [1.82, 2.24) is 15.1 Å². The van der Waals surface area contributed by atoms with Gasteiger partial charge in [0.2, 0.25) is 5.91 Å². The zero-order chi connectivity index (χ0) is 22.5. The van der Waals surface area contributed by atoms with Gasteiger partial charge in [0.15, 0.2) is 0 Å². The molecule has 0 atom stereocenters. The highest BCUT2D eigenvalue weighted by Crippen LogP contribution is 2.22. The van der Waals surface area contributed by atoms with Crippen molar-refractivity contribution in [3.63, 3.8) is 0 Å². The van der Waals surface area contributed by atoms with Crippen molar-refractivity contribution in [2.75, 3.05) is 5.32 Å². The molecule has 32 heavy (non-hydrogen) atoms. The summed E-state index contributed by atoms with van der Waals surface area (Å²) in [7, 11) is 0. The minimum atomic E-state index is -0.122. The van der Waals surface area contributed by atoms with Crippen molar-refractivity contribution >= 4 is 17.5 Å². The van der Waals surface area contributed by atoms with Crippen LogP contribution in [0.4, 0.5) is 5.69 Å². The summed E-state index contributed by atoms with van der Waals surface area (Å²) in [4.78, 5) is 25.5. The fourth-order valence-corrected chi connectivity index (χ4v) is 4.43. The Labute approximate surface area is 189 Å². The van der Waals surface area contributed by atoms with Crippen molar-refractivity contribution in [2.24, 2.45) is 0 Å². The molecule has 1 aliphatic rings. The van der Waals surface area contributed by atoms with E-state index in [4.69, 9.17) is 0 Å². The maximum absolute atomic E-state index is 12.7. The lowest BCUT2D eigenvalue weighted by Crippen LogP contribution is -2.33. The summed E-state index contributed by atoms with van der Waals surface area (Å²) in [6.07, 6.45) is 5.27. The molecular formula is C26H30N4O2. The van der Waals surface area contributed by atoms with Gasteiger partial charge in [-0.05, 0) is 62.9 Å². The average Bonchev–Trinajstić information content (AvgIpc) is 3.41. The van der Waals surface area contributed by atoms with Gasteiger partial charge in [-0.2, -0.15) is 5.10 Å². The van der Waals surface area contributed by atoms with Crippen molar-refractivity contribution in [3.8, 4) is 5.69 Å². The van der Waals surface area contributed by atoms with E-state index in [2.05, 4.69) is 15.7 Å². The first kappa shape index (κ1) is 21.8. The standard InChI is InChI=1S/C26H30N4O2/c1-18-22(19(2)30(29-18)21-12-4-3-5-13-21)16-17-25(31)28-24-15-9-8-14-23(24)26(32)27-20-10-6-7-11-20/h3-5,8-9,12-15,20H,6-7,10-11,16-17H2,1-2H3,(H,27,32)(H,28,31). The van der Waals surface area contributed by atoms with Crippen LogP contribution in [0.25, 0.3) is 5.69 Å². The van der Waals surface area contributed by atoms with Gasteiger partial charge in [0.25, 0.3) is 5.91 Å². The zero-order valence-corrected chi connectivity index (χ0v) is 18.7. The van der Waals surface area contributed by atoms with Gasteiger partial charge in [0, 0.05) is 18.2 Å². The summed E-state index contributed by atoms with van der Waals surface area (Å²) in [6, 6.07) is 17.4. The molecule has 6 nitrogen and oxygen atoms in total. The summed E-state index contributed by atoms with van der Waals surface area (Å²) in [5, 5.41) is 10.7. The summed E-state index contributed by atoms with van der Waals surface area (Å²) in [6.45, 7) is 4.01. The number of anilines is 1. The molecule has 6 heteroatoms. The largest absolute Gasteiger partial charge is 0.349 e. The molecule has 1 aromatic heterocycles. The number of rotatable bonds is 7. The van der Waals surface area contributed by atoms with Crippen LogP contribution >= 0.6 is 0 Å². The van der Waals surface area contributed by atoms with Crippen LogP contribution in [0.2, 0.25) is 0 Å². The van der Waals surface area contributed by atoms with Gasteiger partial charge in [-0.1, -0.05) is 43.2 Å². The van der Waals surface area contributed by atoms with Crippen molar-refractivity contribution in [2.45, 2.75) is 58.4 Å². The first-order valence-electron chi connectivity index (χ1n) is 11.3. The zero-order valence-electron chi connectivity index (χ0n) is 18.7. The number of amides is 2. The molecular weight excluding hydrogens is 400 g/mol. The van der Waals surface area contributed by atoms with E-state index < -0.39 is 0 Å². The van der Waals surface area contributed by atoms with Gasteiger partial charge < -0.3 is 10.6 Å². The molecule has 0 bridgehead atoms. The predicted molar refractivity (Wildman–Crippen MR) is 126 cm³/mol. The quantitative estimate of drug-likeness (QED) is 0.569. The van der Waals surface area contributed by atoms with E-state index in [0.717, 1.165) is 48.3 Å². The van der Waals surface area contributed by atoms with Gasteiger partial charge in [-0.3, -0.25) is 9.59 Å². The predicted octanol–water partition coefficient (Wildman–Crippen LogP) is 4.73. The maximum Gasteiger partial charge on any atom is 0.253 e. The number of benzene rings is 2. The van der Waals surface area contributed by atoms with E-state index in [1.165, 1.54) is 0 Å². The van der Waals surface area contributed by atoms with Gasteiger partial charge in [-0.15, -0.1) is 0 Å². The van der Waals surface area contributed by atoms with Crippen LogP contribution in [-0.4, -0.2) is 27.6 Å². The highest BCUT2D eigenvalue weighted by molar-refractivity contribution is 6.03. The van der Waals surface area contributed by atoms with E-state index in [1.807, 2.05) is 61.0 Å². The van der Waals surface area contributed by atoms with Crippen molar-refractivity contribution in [3.05, 3.63) is 77.1 Å². The Morgan fingerprint density at radius 2 is 1.69 bits per heavy atom. The molecule has 0 aliphatic heterocycles. The van der Waals surface area contributed by atoms with Gasteiger partial charge in [0.1, 0.15) is 0 Å². The normalized spacial score (nSPS) is 13.8. The molecule has 0 radical (unpaired) electrons. The SMILES string of the molecule is Cc1nn(-c2ccccc2)c(C)c1CCC(=O)Nc1ccccc1C(=O)NC1CCCC1. The molecule has 1 saturated carbocycles. The number of aryl methyl sites for hydroxylation is 1. The first-order chi connectivity index (χ1) is 15.5. The Hall–Kier alpha value is -3.41. The van der Waals surface area contributed by atoms with Crippen LogP contribution in [0.1, 0.15) is 59.4 Å². The molecule has 3 aromatic rings. The van der Waals surface area contributed by atoms with E-state index >= 15 is 0 Å². The lowest BCUT2D eigenvalue weighted by molar-refractivity contribution is -0.116. The van der Waals surface area contributed by atoms with E-state index in [9.17, 15) is 9.59 Å². The molecule has 4 rings (SSSR count). The third kappa shape index (κ3) is 4.90. The maximum atomic E-state index is 12.7. The topological polar surface area (TPSA) is 76.0 Å². The Morgan fingerprint density at radius 1 is 1.00 bits per heavy atom. The van der Waals surface area contributed by atoms with Gasteiger partial charge >= 0.3 is 0 Å². The Balaban J connectivity index is 1.41. The molecule has 0 unspecified atom stereocenters. The summed E-state index contributed by atoms with van der Waals surface area (Å²) in [5.74, 6) is -0.235. The number of aromatic nitrogens is 2. The van der Waals surface area contributed by atoms with Gasteiger partial charge in [0.05, 0.1) is 22.6 Å². The highest BCUT2D eigenvalue weighted by Gasteiger charge is 2.20. The summed E-state index contributed by atoms with van der Waals surface area (Å²) < 4.78 is 1.92. The molecule has 166 valence electrons. The van der Waals surface area contributed by atoms with E-state index in [-0.39, 0.29) is 17.9 Å². The molecule has 0 saturated heterocycles. The number of para-hydroxylation sites is 2. The van der Waals surface area contributed by atoms with E-state index in [1.54, 1.807) is 12.1 Å². The molecule has 0 spiro atoms. The molecule has 2 amide bonds. The number of hydrogen-bond acceptors (Lipinski definition) is 3. The van der Waals surface area contributed by atoms with Crippen LogP contribution in [0, 0.1) is 13.8 Å². The van der Waals surface area contributed by atoms with Crippen LogP contribution in [0.5, 0.6) is 0 Å². The average molecular weight is 431 g/mol. The number of nitrogens with one attached hydrogen (secondary N) is 2. The molecule has 1 heterocycles. The van der Waals surface area contributed by atoms with Crippen LogP contribution in [-0.2, 0) is 11.2 Å².